The topological polar surface area (TPSA) is 30.2 Å². The number of aromatic nitrogens is 3. The van der Waals surface area contributed by atoms with E-state index in [1.165, 1.54) is 10.6 Å². The van der Waals surface area contributed by atoms with Crippen molar-refractivity contribution >= 4 is 5.78 Å². The Hall–Kier alpha value is -1.52. The van der Waals surface area contributed by atoms with Crippen LogP contribution in [0.4, 0.5) is 8.78 Å². The summed E-state index contributed by atoms with van der Waals surface area (Å²) in [4.78, 5) is 7.66. The van der Waals surface area contributed by atoms with Gasteiger partial charge in [0.15, 0.2) is 0 Å². The van der Waals surface area contributed by atoms with Crippen molar-refractivity contribution in [1.29, 1.82) is 0 Å². The van der Waals surface area contributed by atoms with Crippen LogP contribution in [0.2, 0.25) is 0 Å². The largest absolute Gasteiger partial charge is 0.290 e. The highest BCUT2D eigenvalue weighted by atomic mass is 19.3. The third kappa shape index (κ3) is 1.45. The Bertz CT molecular complexity index is 470. The molecule has 2 aromatic rings. The van der Waals surface area contributed by atoms with Crippen LogP contribution in [-0.4, -0.2) is 14.4 Å². The minimum absolute atomic E-state index is 0.254. The fourth-order valence-electron chi connectivity index (χ4n) is 1.20. The molecule has 0 radical (unpaired) electrons. The second-order valence-corrected chi connectivity index (χ2v) is 3.35. The lowest BCUT2D eigenvalue weighted by atomic mass is 10.3. The lowest BCUT2D eigenvalue weighted by molar-refractivity contribution is 0.0133. The molecule has 0 aliphatic heterocycles. The molecule has 5 heteroatoms. The average Bonchev–Trinajstić information content (AvgIpc) is 2.45. The Kier molecular flexibility index (Phi) is 1.77. The zero-order valence-corrected chi connectivity index (χ0v) is 7.83. The highest BCUT2D eigenvalue weighted by molar-refractivity contribution is 5.32. The number of aryl methyl sites for hydroxylation is 1. The third-order valence-corrected chi connectivity index (χ3v) is 1.89. The molecule has 0 amide bonds. The molecule has 0 saturated carbocycles. The predicted molar refractivity (Wildman–Crippen MR) is 47.3 cm³/mol. The molecule has 0 aliphatic rings. The van der Waals surface area contributed by atoms with E-state index in [-0.39, 0.29) is 5.69 Å². The molecular formula is C9H9F2N3. The normalized spacial score (nSPS) is 12.3. The number of imidazole rings is 1. The standard InChI is InChI=1S/C9H9F2N3/c1-6-3-12-8-13-7(9(2,10)11)5-14(8)4-6/h3-5H,1-2H3. The molecule has 3 nitrogen and oxygen atoms in total. The van der Waals surface area contributed by atoms with Gasteiger partial charge in [-0.3, -0.25) is 4.40 Å². The van der Waals surface area contributed by atoms with E-state index in [4.69, 9.17) is 0 Å². The van der Waals surface area contributed by atoms with Crippen LogP contribution < -0.4 is 0 Å². The van der Waals surface area contributed by atoms with Crippen LogP contribution >= 0.6 is 0 Å². The molecule has 0 unspecified atom stereocenters. The number of halogens is 2. The Labute approximate surface area is 79.4 Å². The summed E-state index contributed by atoms with van der Waals surface area (Å²) in [6, 6.07) is 0. The first-order valence-electron chi connectivity index (χ1n) is 4.16. The van der Waals surface area contributed by atoms with Gasteiger partial charge in [-0.25, -0.2) is 9.97 Å². The van der Waals surface area contributed by atoms with Crippen molar-refractivity contribution < 1.29 is 8.78 Å². The van der Waals surface area contributed by atoms with Crippen LogP contribution in [0.5, 0.6) is 0 Å². The van der Waals surface area contributed by atoms with Gasteiger partial charge in [0, 0.05) is 25.5 Å². The lowest BCUT2D eigenvalue weighted by Gasteiger charge is -2.03. The number of fused-ring (bicyclic) bond motifs is 1. The van der Waals surface area contributed by atoms with Gasteiger partial charge in [-0.05, 0) is 12.5 Å². The summed E-state index contributed by atoms with van der Waals surface area (Å²) >= 11 is 0. The van der Waals surface area contributed by atoms with Crippen molar-refractivity contribution in [1.82, 2.24) is 14.4 Å². The smallest absolute Gasteiger partial charge is 0.288 e. The summed E-state index contributed by atoms with van der Waals surface area (Å²) in [5, 5.41) is 0. The molecule has 0 aliphatic carbocycles. The van der Waals surface area contributed by atoms with Crippen LogP contribution in [0.1, 0.15) is 18.2 Å². The summed E-state index contributed by atoms with van der Waals surface area (Å²) in [6.45, 7) is 2.66. The molecule has 0 N–H and O–H groups in total. The van der Waals surface area contributed by atoms with Crippen molar-refractivity contribution in [3.63, 3.8) is 0 Å². The molecule has 0 fully saturated rings. The van der Waals surface area contributed by atoms with E-state index in [1.54, 1.807) is 12.4 Å². The van der Waals surface area contributed by atoms with Gasteiger partial charge >= 0.3 is 0 Å². The second-order valence-electron chi connectivity index (χ2n) is 3.35. The number of alkyl halides is 2. The van der Waals surface area contributed by atoms with E-state index in [9.17, 15) is 8.78 Å². The summed E-state index contributed by atoms with van der Waals surface area (Å²) in [6.07, 6.45) is 4.61. The maximum absolute atomic E-state index is 12.9. The van der Waals surface area contributed by atoms with Gasteiger partial charge in [-0.2, -0.15) is 8.78 Å². The number of rotatable bonds is 1. The molecule has 0 saturated heterocycles. The van der Waals surface area contributed by atoms with Crippen LogP contribution in [0.3, 0.4) is 0 Å². The average molecular weight is 197 g/mol. The van der Waals surface area contributed by atoms with E-state index in [2.05, 4.69) is 9.97 Å². The summed E-state index contributed by atoms with van der Waals surface area (Å²) < 4.78 is 27.3. The summed E-state index contributed by atoms with van der Waals surface area (Å²) in [5.41, 5.74) is 0.650. The Balaban J connectivity index is 2.63. The van der Waals surface area contributed by atoms with E-state index >= 15 is 0 Å². The van der Waals surface area contributed by atoms with Crippen molar-refractivity contribution in [2.45, 2.75) is 19.8 Å². The van der Waals surface area contributed by atoms with Crippen molar-refractivity contribution in [3.05, 3.63) is 29.8 Å². The zero-order chi connectivity index (χ0) is 10.3. The van der Waals surface area contributed by atoms with Crippen LogP contribution in [0, 0.1) is 6.92 Å². The highest BCUT2D eigenvalue weighted by Crippen LogP contribution is 2.25. The Morgan fingerprint density at radius 2 is 2.07 bits per heavy atom. The molecule has 14 heavy (non-hydrogen) atoms. The van der Waals surface area contributed by atoms with Gasteiger partial charge in [-0.15, -0.1) is 0 Å². The minimum atomic E-state index is -2.92. The van der Waals surface area contributed by atoms with E-state index < -0.39 is 5.92 Å². The number of hydrogen-bond acceptors (Lipinski definition) is 2. The van der Waals surface area contributed by atoms with Gasteiger partial charge in [0.2, 0.25) is 5.78 Å². The predicted octanol–water partition coefficient (Wildman–Crippen LogP) is 2.15. The molecule has 0 bridgehead atoms. The first-order valence-corrected chi connectivity index (χ1v) is 4.16. The molecule has 2 aromatic heterocycles. The number of nitrogens with zero attached hydrogens (tertiary/aromatic N) is 3. The maximum Gasteiger partial charge on any atom is 0.288 e. The van der Waals surface area contributed by atoms with E-state index in [0.717, 1.165) is 12.5 Å². The summed E-state index contributed by atoms with van der Waals surface area (Å²) in [5.74, 6) is -2.62. The van der Waals surface area contributed by atoms with Gasteiger partial charge in [0.25, 0.3) is 5.92 Å². The number of hydrogen-bond donors (Lipinski definition) is 0. The van der Waals surface area contributed by atoms with Crippen molar-refractivity contribution in [2.24, 2.45) is 0 Å². The van der Waals surface area contributed by atoms with Gasteiger partial charge in [-0.1, -0.05) is 0 Å². The first kappa shape index (κ1) is 9.05. The monoisotopic (exact) mass is 197 g/mol. The lowest BCUT2D eigenvalue weighted by Crippen LogP contribution is -2.06. The van der Waals surface area contributed by atoms with Crippen molar-refractivity contribution in [2.75, 3.05) is 0 Å². The molecule has 0 aromatic carbocycles. The fraction of sp³-hybridized carbons (Fsp3) is 0.333. The molecule has 0 atom stereocenters. The quantitative estimate of drug-likeness (QED) is 0.701. The Morgan fingerprint density at radius 1 is 1.36 bits per heavy atom. The summed E-state index contributed by atoms with van der Waals surface area (Å²) in [7, 11) is 0. The Morgan fingerprint density at radius 3 is 2.71 bits per heavy atom. The van der Waals surface area contributed by atoms with Gasteiger partial charge in [0.1, 0.15) is 5.69 Å². The fourth-order valence-corrected chi connectivity index (χ4v) is 1.20. The third-order valence-electron chi connectivity index (χ3n) is 1.89. The van der Waals surface area contributed by atoms with Crippen LogP contribution in [0.25, 0.3) is 5.78 Å². The van der Waals surface area contributed by atoms with Crippen molar-refractivity contribution in [3.8, 4) is 0 Å². The van der Waals surface area contributed by atoms with E-state index in [1.807, 2.05) is 6.92 Å². The maximum atomic E-state index is 12.9. The zero-order valence-electron chi connectivity index (χ0n) is 7.83. The SMILES string of the molecule is Cc1cnc2nc(C(C)(F)F)cn2c1. The molecular weight excluding hydrogens is 188 g/mol. The van der Waals surface area contributed by atoms with Gasteiger partial charge in [0.05, 0.1) is 0 Å². The molecule has 74 valence electrons. The van der Waals surface area contributed by atoms with Crippen LogP contribution in [0.15, 0.2) is 18.6 Å². The van der Waals surface area contributed by atoms with Gasteiger partial charge < -0.3 is 0 Å². The molecule has 2 heterocycles. The second kappa shape index (κ2) is 2.73. The molecule has 2 rings (SSSR count). The molecule has 0 spiro atoms. The minimum Gasteiger partial charge on any atom is -0.290 e. The first-order chi connectivity index (χ1) is 6.47. The van der Waals surface area contributed by atoms with Crippen LogP contribution in [-0.2, 0) is 5.92 Å². The highest BCUT2D eigenvalue weighted by Gasteiger charge is 2.27. The van der Waals surface area contributed by atoms with E-state index in [0.29, 0.717) is 5.78 Å².